The number of rotatable bonds is 7. The van der Waals surface area contributed by atoms with Crippen LogP contribution in [-0.2, 0) is 25.6 Å². The van der Waals surface area contributed by atoms with Crippen LogP contribution in [-0.4, -0.2) is 22.1 Å². The maximum Gasteiger partial charge on any atom is 0.416 e. The Morgan fingerprint density at radius 2 is 1.76 bits per heavy atom. The molecule has 0 fully saturated rings. The molecule has 1 aliphatic heterocycles. The van der Waals surface area contributed by atoms with Gasteiger partial charge in [-0.3, -0.25) is 0 Å². The average Bonchev–Trinajstić information content (AvgIpc) is 2.91. The average molecular weight is 519 g/mol. The van der Waals surface area contributed by atoms with E-state index in [9.17, 15) is 18.0 Å². The Kier molecular flexibility index (Phi) is 7.05. The summed E-state index contributed by atoms with van der Waals surface area (Å²) < 4.78 is 45.2. The van der Waals surface area contributed by atoms with Gasteiger partial charge >= 0.3 is 12.1 Å². The van der Waals surface area contributed by atoms with Crippen molar-refractivity contribution >= 4 is 11.7 Å². The van der Waals surface area contributed by atoms with Gasteiger partial charge in [-0.05, 0) is 77.9 Å². The SMILES string of the molecule is O=C(O)c1cccc(COc2ccc(-c3cccc(CC4CCc5ccc(C(F)(F)F)cc5N4)c3)cc2)n1. The maximum absolute atomic E-state index is 13.1. The van der Waals surface area contributed by atoms with Crippen molar-refractivity contribution in [2.75, 3.05) is 5.32 Å². The highest BCUT2D eigenvalue weighted by molar-refractivity contribution is 5.85. The molecule has 0 saturated carbocycles. The molecule has 5 rings (SSSR count). The third-order valence-corrected chi connectivity index (χ3v) is 6.57. The highest BCUT2D eigenvalue weighted by atomic mass is 19.4. The third kappa shape index (κ3) is 5.96. The minimum absolute atomic E-state index is 0.0278. The van der Waals surface area contributed by atoms with Crippen LogP contribution >= 0.6 is 0 Å². The normalized spacial score (nSPS) is 14.9. The Labute approximate surface area is 217 Å². The van der Waals surface area contributed by atoms with Crippen LogP contribution in [0.25, 0.3) is 11.1 Å². The second-order valence-electron chi connectivity index (χ2n) is 9.29. The number of aromatic carboxylic acids is 1. The van der Waals surface area contributed by atoms with Crippen molar-refractivity contribution in [2.24, 2.45) is 0 Å². The minimum atomic E-state index is -4.36. The largest absolute Gasteiger partial charge is 0.487 e. The van der Waals surface area contributed by atoms with E-state index in [2.05, 4.69) is 16.4 Å². The number of ether oxygens (including phenoxy) is 1. The van der Waals surface area contributed by atoms with Gasteiger partial charge in [0.2, 0.25) is 0 Å². The first kappa shape index (κ1) is 25.3. The zero-order valence-corrected chi connectivity index (χ0v) is 20.3. The fourth-order valence-electron chi connectivity index (χ4n) is 4.62. The zero-order valence-electron chi connectivity index (χ0n) is 20.3. The summed E-state index contributed by atoms with van der Waals surface area (Å²) in [4.78, 5) is 15.1. The van der Waals surface area contributed by atoms with Gasteiger partial charge in [-0.25, -0.2) is 9.78 Å². The van der Waals surface area contributed by atoms with Crippen molar-refractivity contribution in [2.45, 2.75) is 38.1 Å². The lowest BCUT2D eigenvalue weighted by Crippen LogP contribution is -2.28. The third-order valence-electron chi connectivity index (χ3n) is 6.57. The monoisotopic (exact) mass is 518 g/mol. The minimum Gasteiger partial charge on any atom is -0.487 e. The molecule has 1 aliphatic rings. The van der Waals surface area contributed by atoms with Crippen LogP contribution in [0, 0.1) is 0 Å². The molecular weight excluding hydrogens is 493 g/mol. The summed E-state index contributed by atoms with van der Waals surface area (Å²) in [6, 6.07) is 24.5. The Balaban J connectivity index is 1.23. The van der Waals surface area contributed by atoms with Gasteiger partial charge in [0.05, 0.1) is 11.3 Å². The Hall–Kier alpha value is -4.33. The highest BCUT2D eigenvalue weighted by Gasteiger charge is 2.32. The summed E-state index contributed by atoms with van der Waals surface area (Å²) in [5.74, 6) is -0.450. The number of alkyl halides is 3. The number of aryl methyl sites for hydroxylation is 1. The van der Waals surface area contributed by atoms with E-state index < -0.39 is 17.7 Å². The van der Waals surface area contributed by atoms with E-state index in [1.54, 1.807) is 18.2 Å². The summed E-state index contributed by atoms with van der Waals surface area (Å²) in [7, 11) is 0. The van der Waals surface area contributed by atoms with Gasteiger partial charge in [0.25, 0.3) is 0 Å². The van der Waals surface area contributed by atoms with Crippen molar-refractivity contribution in [3.63, 3.8) is 0 Å². The number of benzene rings is 3. The second-order valence-corrected chi connectivity index (χ2v) is 9.29. The number of hydrogen-bond donors (Lipinski definition) is 2. The molecule has 0 spiro atoms. The molecule has 8 heteroatoms. The number of carboxylic acids is 1. The predicted octanol–water partition coefficient (Wildman–Crippen LogP) is 7.01. The van der Waals surface area contributed by atoms with Crippen molar-refractivity contribution < 1.29 is 27.8 Å². The molecule has 0 bridgehead atoms. The van der Waals surface area contributed by atoms with E-state index in [0.29, 0.717) is 23.6 Å². The summed E-state index contributed by atoms with van der Waals surface area (Å²) in [5, 5.41) is 12.4. The Morgan fingerprint density at radius 3 is 2.53 bits per heavy atom. The lowest BCUT2D eigenvalue weighted by molar-refractivity contribution is -0.137. The molecule has 2 N–H and O–H groups in total. The van der Waals surface area contributed by atoms with Crippen LogP contribution in [0.15, 0.2) is 84.9 Å². The van der Waals surface area contributed by atoms with Gasteiger partial charge in [0.15, 0.2) is 0 Å². The van der Waals surface area contributed by atoms with Crippen LogP contribution < -0.4 is 10.1 Å². The fourth-order valence-corrected chi connectivity index (χ4v) is 4.62. The first-order valence-electron chi connectivity index (χ1n) is 12.2. The number of pyridine rings is 1. The predicted molar refractivity (Wildman–Crippen MR) is 138 cm³/mol. The molecule has 1 atom stereocenters. The van der Waals surface area contributed by atoms with Crippen LogP contribution in [0.1, 0.15) is 39.3 Å². The molecule has 0 aliphatic carbocycles. The zero-order chi connectivity index (χ0) is 26.7. The van der Waals surface area contributed by atoms with E-state index >= 15 is 0 Å². The quantitative estimate of drug-likeness (QED) is 0.275. The smallest absolute Gasteiger partial charge is 0.416 e. The standard InChI is InChI=1S/C30H25F3N2O3/c31-30(32,33)23-11-7-21-8-12-24(34-28(21)17-23)16-19-3-1-4-22(15-19)20-9-13-26(14-10-20)38-18-25-5-2-6-27(35-25)29(36)37/h1-7,9-11,13-15,17,24,34H,8,12,16,18H2,(H,36,37). The van der Waals surface area contributed by atoms with Crippen LogP contribution in [0.4, 0.5) is 18.9 Å². The number of carboxylic acid groups (broad SMARTS) is 1. The summed E-state index contributed by atoms with van der Waals surface area (Å²) >= 11 is 0. The molecule has 3 aromatic carbocycles. The Bertz CT molecular complexity index is 1450. The van der Waals surface area contributed by atoms with Crippen LogP contribution in [0.3, 0.4) is 0 Å². The number of anilines is 1. The van der Waals surface area contributed by atoms with Gasteiger partial charge in [0, 0.05) is 11.7 Å². The number of nitrogens with zero attached hydrogens (tertiary/aromatic N) is 1. The topological polar surface area (TPSA) is 71.5 Å². The number of halogens is 3. The van der Waals surface area contributed by atoms with Gasteiger partial charge in [-0.2, -0.15) is 13.2 Å². The van der Waals surface area contributed by atoms with Crippen LogP contribution in [0.5, 0.6) is 5.75 Å². The fraction of sp³-hybridized carbons (Fsp3) is 0.200. The number of carbonyl (C=O) groups is 1. The van der Waals surface area contributed by atoms with E-state index in [4.69, 9.17) is 9.84 Å². The van der Waals surface area contributed by atoms with Gasteiger partial charge < -0.3 is 15.2 Å². The first-order chi connectivity index (χ1) is 18.2. The first-order valence-corrected chi connectivity index (χ1v) is 12.2. The summed E-state index contributed by atoms with van der Waals surface area (Å²) in [6.45, 7) is 0.151. The van der Waals surface area contributed by atoms with Crippen molar-refractivity contribution in [1.29, 1.82) is 0 Å². The van der Waals surface area contributed by atoms with Gasteiger partial charge in [-0.1, -0.05) is 48.5 Å². The molecule has 0 amide bonds. The van der Waals surface area contributed by atoms with Gasteiger partial charge in [-0.15, -0.1) is 0 Å². The van der Waals surface area contributed by atoms with E-state index in [1.165, 1.54) is 12.1 Å². The maximum atomic E-state index is 13.1. The molecule has 0 saturated heterocycles. The van der Waals surface area contributed by atoms with Gasteiger partial charge in [0.1, 0.15) is 18.1 Å². The van der Waals surface area contributed by atoms with Crippen LogP contribution in [0.2, 0.25) is 0 Å². The molecule has 4 aromatic rings. The number of nitrogens with one attached hydrogen (secondary N) is 1. The summed E-state index contributed by atoms with van der Waals surface area (Å²) in [6.07, 6.45) is -2.07. The number of aromatic nitrogens is 1. The van der Waals surface area contributed by atoms with E-state index in [-0.39, 0.29) is 18.3 Å². The molecule has 2 heterocycles. The second kappa shape index (κ2) is 10.6. The molecular formula is C30H25F3N2O3. The van der Waals surface area contributed by atoms with Crippen molar-refractivity contribution in [1.82, 2.24) is 4.98 Å². The van der Waals surface area contributed by atoms with Crippen molar-refractivity contribution in [3.05, 3.63) is 113 Å². The molecule has 1 aromatic heterocycles. The highest BCUT2D eigenvalue weighted by Crippen LogP contribution is 2.35. The van der Waals surface area contributed by atoms with Crippen molar-refractivity contribution in [3.8, 4) is 16.9 Å². The number of hydrogen-bond acceptors (Lipinski definition) is 4. The lowest BCUT2D eigenvalue weighted by Gasteiger charge is -2.28. The molecule has 1 unspecified atom stereocenters. The number of fused-ring (bicyclic) bond motifs is 1. The van der Waals surface area contributed by atoms with E-state index in [1.807, 2.05) is 42.5 Å². The Morgan fingerprint density at radius 1 is 0.974 bits per heavy atom. The molecule has 38 heavy (non-hydrogen) atoms. The lowest BCUT2D eigenvalue weighted by atomic mass is 9.92. The molecule has 194 valence electrons. The molecule has 0 radical (unpaired) electrons. The van der Waals surface area contributed by atoms with E-state index in [0.717, 1.165) is 41.2 Å². The summed E-state index contributed by atoms with van der Waals surface area (Å²) in [5.41, 5.74) is 4.46. The molecule has 5 nitrogen and oxygen atoms in total.